The molecule has 1 aliphatic rings. The zero-order valence-corrected chi connectivity index (χ0v) is 13.6. The van der Waals surface area contributed by atoms with Crippen molar-refractivity contribution < 1.29 is 4.79 Å². The third-order valence-electron chi connectivity index (χ3n) is 4.42. The van der Waals surface area contributed by atoms with Crippen LogP contribution in [-0.4, -0.2) is 38.8 Å². The van der Waals surface area contributed by atoms with Crippen LogP contribution in [0.2, 0.25) is 0 Å². The number of carbonyl (C=O) groups excluding carboxylic acids is 1. The molecule has 0 unspecified atom stereocenters. The molecule has 0 atom stereocenters. The van der Waals surface area contributed by atoms with Crippen LogP contribution in [0.4, 0.5) is 0 Å². The van der Waals surface area contributed by atoms with Gasteiger partial charge in [-0.25, -0.2) is 9.97 Å². The zero-order valence-electron chi connectivity index (χ0n) is 13.6. The predicted molar refractivity (Wildman–Crippen MR) is 88.7 cm³/mol. The topological polar surface area (TPSA) is 59.0 Å². The molecule has 0 N–H and O–H groups in total. The van der Waals surface area contributed by atoms with Crippen LogP contribution < -0.4 is 0 Å². The van der Waals surface area contributed by atoms with E-state index in [1.165, 1.54) is 0 Å². The molecule has 2 aromatic rings. The smallest absolute Gasteiger partial charge is 0.225 e. The van der Waals surface area contributed by atoms with E-state index < -0.39 is 0 Å². The van der Waals surface area contributed by atoms with Gasteiger partial charge in [0.1, 0.15) is 6.33 Å². The van der Waals surface area contributed by atoms with Gasteiger partial charge in [-0.15, -0.1) is 0 Å². The number of rotatable bonds is 3. The van der Waals surface area contributed by atoms with Crippen LogP contribution in [0.5, 0.6) is 0 Å². The Kier molecular flexibility index (Phi) is 4.65. The molecule has 0 aromatic carbocycles. The minimum absolute atomic E-state index is 0.0676. The molecular weight excluding hydrogens is 288 g/mol. The van der Waals surface area contributed by atoms with Crippen LogP contribution in [0.1, 0.15) is 38.3 Å². The lowest BCUT2D eigenvalue weighted by atomic mass is 9.89. The number of amides is 1. The Morgan fingerprint density at radius 2 is 1.87 bits per heavy atom. The first-order chi connectivity index (χ1) is 11.2. The number of aromatic nitrogens is 3. The lowest BCUT2D eigenvalue weighted by molar-refractivity contribution is -0.135. The van der Waals surface area contributed by atoms with Crippen LogP contribution in [-0.2, 0) is 4.79 Å². The molecule has 5 nitrogen and oxygen atoms in total. The van der Waals surface area contributed by atoms with E-state index in [2.05, 4.69) is 15.0 Å². The molecule has 1 amide bonds. The van der Waals surface area contributed by atoms with Crippen molar-refractivity contribution in [3.8, 4) is 11.1 Å². The third-order valence-corrected chi connectivity index (χ3v) is 4.42. The standard InChI is InChI=1S/C18H22N4O/c1-13(2)18(23)22-9-5-15(6-10-22)17-16(11-20-12-21-17)14-3-7-19-8-4-14/h3-4,7-8,11-13,15H,5-6,9-10H2,1-2H3. The van der Waals surface area contributed by atoms with Crippen molar-refractivity contribution in [2.24, 2.45) is 5.92 Å². The van der Waals surface area contributed by atoms with Crippen molar-refractivity contribution in [3.05, 3.63) is 42.7 Å². The van der Waals surface area contributed by atoms with E-state index in [0.29, 0.717) is 5.92 Å². The molecular formula is C18H22N4O. The monoisotopic (exact) mass is 310 g/mol. The van der Waals surface area contributed by atoms with Crippen molar-refractivity contribution in [1.82, 2.24) is 19.9 Å². The average Bonchev–Trinajstić information content (AvgIpc) is 2.62. The molecule has 2 aromatic heterocycles. The predicted octanol–water partition coefficient (Wildman–Crippen LogP) is 2.90. The second kappa shape index (κ2) is 6.86. The van der Waals surface area contributed by atoms with E-state index in [4.69, 9.17) is 0 Å². The van der Waals surface area contributed by atoms with E-state index in [-0.39, 0.29) is 11.8 Å². The Hall–Kier alpha value is -2.30. The Morgan fingerprint density at radius 3 is 2.52 bits per heavy atom. The summed E-state index contributed by atoms with van der Waals surface area (Å²) in [6.45, 7) is 5.53. The van der Waals surface area contributed by atoms with Crippen molar-refractivity contribution in [1.29, 1.82) is 0 Å². The van der Waals surface area contributed by atoms with Crippen LogP contribution in [0.3, 0.4) is 0 Å². The fourth-order valence-electron chi connectivity index (χ4n) is 3.16. The molecule has 0 radical (unpaired) electrons. The highest BCUT2D eigenvalue weighted by Crippen LogP contribution is 2.33. The molecule has 1 saturated heterocycles. The Morgan fingerprint density at radius 1 is 1.17 bits per heavy atom. The van der Waals surface area contributed by atoms with Gasteiger partial charge in [0.2, 0.25) is 5.91 Å². The van der Waals surface area contributed by atoms with Crippen LogP contribution >= 0.6 is 0 Å². The maximum absolute atomic E-state index is 12.1. The van der Waals surface area contributed by atoms with Crippen molar-refractivity contribution in [3.63, 3.8) is 0 Å². The summed E-state index contributed by atoms with van der Waals surface area (Å²) in [7, 11) is 0. The van der Waals surface area contributed by atoms with Gasteiger partial charge in [-0.05, 0) is 30.5 Å². The summed E-state index contributed by atoms with van der Waals surface area (Å²) in [4.78, 5) is 26.9. The van der Waals surface area contributed by atoms with Gasteiger partial charge in [-0.1, -0.05) is 13.8 Å². The van der Waals surface area contributed by atoms with Gasteiger partial charge < -0.3 is 4.90 Å². The lowest BCUT2D eigenvalue weighted by Gasteiger charge is -2.33. The summed E-state index contributed by atoms with van der Waals surface area (Å²) in [5.74, 6) is 0.691. The van der Waals surface area contributed by atoms with E-state index in [0.717, 1.165) is 42.8 Å². The first kappa shape index (κ1) is 15.6. The number of carbonyl (C=O) groups is 1. The van der Waals surface area contributed by atoms with E-state index >= 15 is 0 Å². The molecule has 5 heteroatoms. The summed E-state index contributed by atoms with van der Waals surface area (Å²) in [6, 6.07) is 3.97. The third kappa shape index (κ3) is 3.38. The molecule has 0 aliphatic carbocycles. The van der Waals surface area contributed by atoms with Crippen LogP contribution in [0, 0.1) is 5.92 Å². The molecule has 0 bridgehead atoms. The Labute approximate surface area is 136 Å². The summed E-state index contributed by atoms with van der Waals surface area (Å²) in [5.41, 5.74) is 3.25. The average molecular weight is 310 g/mol. The highest BCUT2D eigenvalue weighted by molar-refractivity contribution is 5.78. The van der Waals surface area contributed by atoms with E-state index in [1.54, 1.807) is 18.7 Å². The van der Waals surface area contributed by atoms with Crippen molar-refractivity contribution in [2.75, 3.05) is 13.1 Å². The molecule has 23 heavy (non-hydrogen) atoms. The van der Waals surface area contributed by atoms with Crippen LogP contribution in [0.25, 0.3) is 11.1 Å². The number of likely N-dealkylation sites (tertiary alicyclic amines) is 1. The van der Waals surface area contributed by atoms with E-state index in [1.807, 2.05) is 37.1 Å². The second-order valence-corrected chi connectivity index (χ2v) is 6.31. The molecule has 120 valence electrons. The van der Waals surface area contributed by atoms with Crippen molar-refractivity contribution in [2.45, 2.75) is 32.6 Å². The van der Waals surface area contributed by atoms with Gasteiger partial charge in [0.15, 0.2) is 0 Å². The second-order valence-electron chi connectivity index (χ2n) is 6.31. The summed E-state index contributed by atoms with van der Waals surface area (Å²) >= 11 is 0. The largest absolute Gasteiger partial charge is 0.342 e. The van der Waals surface area contributed by atoms with Gasteiger partial charge in [-0.3, -0.25) is 9.78 Å². The molecule has 1 fully saturated rings. The molecule has 0 saturated carbocycles. The quantitative estimate of drug-likeness (QED) is 0.874. The number of pyridine rings is 1. The highest BCUT2D eigenvalue weighted by Gasteiger charge is 2.27. The first-order valence-electron chi connectivity index (χ1n) is 8.16. The van der Waals surface area contributed by atoms with Crippen molar-refractivity contribution >= 4 is 5.91 Å². The number of nitrogens with zero attached hydrogens (tertiary/aromatic N) is 4. The van der Waals surface area contributed by atoms with Gasteiger partial charge in [0.25, 0.3) is 0 Å². The number of hydrogen-bond acceptors (Lipinski definition) is 4. The number of piperidine rings is 1. The zero-order chi connectivity index (χ0) is 16.2. The fourth-order valence-corrected chi connectivity index (χ4v) is 3.16. The number of hydrogen-bond donors (Lipinski definition) is 0. The molecule has 3 rings (SSSR count). The maximum Gasteiger partial charge on any atom is 0.225 e. The highest BCUT2D eigenvalue weighted by atomic mass is 16.2. The van der Waals surface area contributed by atoms with Gasteiger partial charge >= 0.3 is 0 Å². The normalized spacial score (nSPS) is 15.9. The van der Waals surface area contributed by atoms with Gasteiger partial charge in [0.05, 0.1) is 5.69 Å². The summed E-state index contributed by atoms with van der Waals surface area (Å²) in [5, 5.41) is 0. The van der Waals surface area contributed by atoms with E-state index in [9.17, 15) is 4.79 Å². The van der Waals surface area contributed by atoms with Crippen LogP contribution in [0.15, 0.2) is 37.1 Å². The lowest BCUT2D eigenvalue weighted by Crippen LogP contribution is -2.40. The molecule has 1 aliphatic heterocycles. The fraction of sp³-hybridized carbons (Fsp3) is 0.444. The summed E-state index contributed by atoms with van der Waals surface area (Å²) in [6.07, 6.45) is 8.97. The SMILES string of the molecule is CC(C)C(=O)N1CCC(c2ncncc2-c2ccncc2)CC1. The minimum Gasteiger partial charge on any atom is -0.342 e. The van der Waals surface area contributed by atoms with Gasteiger partial charge in [0, 0.05) is 49.1 Å². The first-order valence-corrected chi connectivity index (χ1v) is 8.16. The Bertz CT molecular complexity index is 664. The molecule has 3 heterocycles. The Balaban J connectivity index is 1.78. The maximum atomic E-state index is 12.1. The molecule has 0 spiro atoms. The minimum atomic E-state index is 0.0676. The summed E-state index contributed by atoms with van der Waals surface area (Å²) < 4.78 is 0. The van der Waals surface area contributed by atoms with Gasteiger partial charge in [-0.2, -0.15) is 0 Å².